The van der Waals surface area contributed by atoms with Gasteiger partial charge in [0.25, 0.3) is 5.91 Å². The molecule has 3 aliphatic rings. The predicted molar refractivity (Wildman–Crippen MR) is 192 cm³/mol. The van der Waals surface area contributed by atoms with Gasteiger partial charge in [-0.05, 0) is 56.7 Å². The van der Waals surface area contributed by atoms with Gasteiger partial charge in [0.15, 0.2) is 11.4 Å². The lowest BCUT2D eigenvalue weighted by atomic mass is 9.94. The second-order valence-electron chi connectivity index (χ2n) is 13.2. The van der Waals surface area contributed by atoms with Gasteiger partial charge in [-0.25, -0.2) is 0 Å². The van der Waals surface area contributed by atoms with E-state index in [9.17, 15) is 22.8 Å². The summed E-state index contributed by atoms with van der Waals surface area (Å²) in [7, 11) is 0. The summed E-state index contributed by atoms with van der Waals surface area (Å²) < 4.78 is 49.0. The van der Waals surface area contributed by atoms with Crippen LogP contribution in [0, 0.1) is 11.3 Å². The van der Waals surface area contributed by atoms with Crippen LogP contribution < -0.4 is 20.7 Å². The Bertz CT molecular complexity index is 1680. The molecule has 1 aliphatic carbocycles. The molecular formula is C34H39Cl4F3N6O3. The molecular weight excluding hydrogens is 739 g/mol. The van der Waals surface area contributed by atoms with Crippen molar-refractivity contribution in [2.75, 3.05) is 44.2 Å². The van der Waals surface area contributed by atoms with E-state index in [0.717, 1.165) is 18.5 Å². The van der Waals surface area contributed by atoms with Crippen molar-refractivity contribution in [3.8, 4) is 5.75 Å². The number of amides is 2. The maximum absolute atomic E-state index is 14.3. The number of nitrogens with zero attached hydrogens (tertiary/aromatic N) is 3. The molecule has 1 saturated carbocycles. The van der Waals surface area contributed by atoms with E-state index in [4.69, 9.17) is 62.3 Å². The van der Waals surface area contributed by atoms with Gasteiger partial charge in [-0.2, -0.15) is 13.2 Å². The van der Waals surface area contributed by atoms with Gasteiger partial charge in [0, 0.05) is 69.8 Å². The maximum Gasteiger partial charge on any atom is 0.416 e. The van der Waals surface area contributed by atoms with Gasteiger partial charge in [-0.3, -0.25) is 9.59 Å². The summed E-state index contributed by atoms with van der Waals surface area (Å²) in [5, 5.41) is 10.7. The second-order valence-corrected chi connectivity index (χ2v) is 14.7. The standard InChI is InChI=1S/C34H39Cl4F3N6O3/c1-33(2,32(49)45-12-9-44-10-13-45)50-30-27(37)25(35)26(36)29(28(30)38)46-11-3-4-21(17-46)31(48)47(23-7-8-23)18-20-6-5-19(22(15-42)16-43)14-24(20)34(39,40)41/h5-6,14-16,21,23,42,44H,3-4,7-13,17-18,43H2,1-2H3/b22-16+,42-15?/t21-/m1/s1. The lowest BCUT2D eigenvalue weighted by Crippen LogP contribution is -2.54. The fourth-order valence-corrected chi connectivity index (χ4v) is 7.68. The van der Waals surface area contributed by atoms with Crippen LogP contribution in [0.5, 0.6) is 5.75 Å². The zero-order valence-electron chi connectivity index (χ0n) is 27.6. The molecule has 50 heavy (non-hydrogen) atoms. The van der Waals surface area contributed by atoms with Crippen molar-refractivity contribution in [2.45, 2.75) is 63.9 Å². The Morgan fingerprint density at radius 2 is 1.72 bits per heavy atom. The van der Waals surface area contributed by atoms with Gasteiger partial charge in [-0.1, -0.05) is 58.5 Å². The molecule has 1 atom stereocenters. The van der Waals surface area contributed by atoms with Crippen LogP contribution in [-0.4, -0.2) is 78.7 Å². The average Bonchev–Trinajstić information content (AvgIpc) is 3.94. The largest absolute Gasteiger partial charge is 0.475 e. The number of anilines is 1. The summed E-state index contributed by atoms with van der Waals surface area (Å²) in [6.07, 6.45) is -0.304. The minimum absolute atomic E-state index is 0.0157. The smallest absolute Gasteiger partial charge is 0.416 e. The molecule has 16 heteroatoms. The quantitative estimate of drug-likeness (QED) is 0.133. The number of carbonyl (C=O) groups is 2. The molecule has 2 heterocycles. The highest BCUT2D eigenvalue weighted by atomic mass is 35.5. The summed E-state index contributed by atoms with van der Waals surface area (Å²) in [6.45, 7) is 5.96. The molecule has 2 amide bonds. The fourth-order valence-electron chi connectivity index (χ4n) is 6.47. The number of hydrogen-bond donors (Lipinski definition) is 3. The number of allylic oxidation sites excluding steroid dienone is 1. The van der Waals surface area contributed by atoms with Crippen molar-refractivity contribution < 1.29 is 27.5 Å². The molecule has 0 aromatic heterocycles. The average molecular weight is 779 g/mol. The Balaban J connectivity index is 1.41. The molecule has 2 aromatic rings. The molecule has 0 radical (unpaired) electrons. The van der Waals surface area contributed by atoms with Crippen LogP contribution in [0.3, 0.4) is 0 Å². The molecule has 3 fully saturated rings. The molecule has 272 valence electrons. The van der Waals surface area contributed by atoms with Crippen LogP contribution in [0.2, 0.25) is 20.1 Å². The number of ether oxygens (including phenoxy) is 1. The highest BCUT2D eigenvalue weighted by molar-refractivity contribution is 6.52. The van der Waals surface area contributed by atoms with Gasteiger partial charge < -0.3 is 35.9 Å². The number of piperazine rings is 1. The summed E-state index contributed by atoms with van der Waals surface area (Å²) >= 11 is 26.9. The zero-order valence-corrected chi connectivity index (χ0v) is 30.6. The van der Waals surface area contributed by atoms with E-state index < -0.39 is 23.3 Å². The van der Waals surface area contributed by atoms with Crippen LogP contribution >= 0.6 is 46.4 Å². The van der Waals surface area contributed by atoms with E-state index in [-0.39, 0.29) is 73.5 Å². The third-order valence-corrected chi connectivity index (χ3v) is 10.9. The molecule has 2 aromatic carbocycles. The Hall–Kier alpha value is -2.90. The Morgan fingerprint density at radius 3 is 2.32 bits per heavy atom. The number of benzene rings is 2. The fraction of sp³-hybridized carbons (Fsp3) is 0.500. The van der Waals surface area contributed by atoms with Crippen molar-refractivity contribution in [2.24, 2.45) is 11.7 Å². The first-order valence-electron chi connectivity index (χ1n) is 16.3. The highest BCUT2D eigenvalue weighted by Gasteiger charge is 2.42. The zero-order chi connectivity index (χ0) is 36.5. The molecule has 5 rings (SSSR count). The van der Waals surface area contributed by atoms with Crippen molar-refractivity contribution >= 4 is 75.7 Å². The first-order chi connectivity index (χ1) is 23.6. The van der Waals surface area contributed by atoms with Gasteiger partial charge in [-0.15, -0.1) is 0 Å². The summed E-state index contributed by atoms with van der Waals surface area (Å²) in [5.74, 6) is -1.13. The molecule has 9 nitrogen and oxygen atoms in total. The Morgan fingerprint density at radius 1 is 1.04 bits per heavy atom. The number of hydrogen-bond acceptors (Lipinski definition) is 7. The van der Waals surface area contributed by atoms with Crippen LogP contribution in [-0.2, 0) is 22.3 Å². The van der Waals surface area contributed by atoms with Gasteiger partial charge in [0.2, 0.25) is 5.91 Å². The number of nitrogens with one attached hydrogen (secondary N) is 2. The van der Waals surface area contributed by atoms with Crippen LogP contribution in [0.15, 0.2) is 24.4 Å². The van der Waals surface area contributed by atoms with Crippen molar-refractivity contribution in [3.05, 3.63) is 61.2 Å². The summed E-state index contributed by atoms with van der Waals surface area (Å²) in [5.41, 5.74) is 3.81. The number of halogens is 7. The molecule has 4 N–H and O–H groups in total. The topological polar surface area (TPSA) is 115 Å². The maximum atomic E-state index is 14.3. The highest BCUT2D eigenvalue weighted by Crippen LogP contribution is 2.52. The first kappa shape index (κ1) is 38.3. The third-order valence-electron chi connectivity index (χ3n) is 9.26. The normalized spacial score (nSPS) is 19.0. The van der Waals surface area contributed by atoms with Crippen LogP contribution in [0.4, 0.5) is 18.9 Å². The molecule has 0 unspecified atom stereocenters. The molecule has 2 aliphatic heterocycles. The summed E-state index contributed by atoms with van der Waals surface area (Å²) in [6, 6.07) is 3.58. The van der Waals surface area contributed by atoms with Crippen molar-refractivity contribution in [1.29, 1.82) is 5.41 Å². The second kappa shape index (κ2) is 15.4. The lowest BCUT2D eigenvalue weighted by Gasteiger charge is -2.38. The van der Waals surface area contributed by atoms with E-state index in [2.05, 4.69) is 5.32 Å². The van der Waals surface area contributed by atoms with E-state index in [1.165, 1.54) is 17.0 Å². The van der Waals surface area contributed by atoms with E-state index in [1.807, 2.05) is 4.90 Å². The van der Waals surface area contributed by atoms with E-state index in [1.54, 1.807) is 18.7 Å². The summed E-state index contributed by atoms with van der Waals surface area (Å²) in [4.78, 5) is 32.6. The Labute approximate surface area is 309 Å². The van der Waals surface area contributed by atoms with Gasteiger partial charge >= 0.3 is 6.18 Å². The molecule has 0 spiro atoms. The third kappa shape index (κ3) is 8.09. The minimum Gasteiger partial charge on any atom is -0.475 e. The number of piperidine rings is 1. The van der Waals surface area contributed by atoms with E-state index >= 15 is 0 Å². The number of rotatable bonds is 10. The molecule has 0 bridgehead atoms. The number of nitrogens with two attached hydrogens (primary N) is 1. The van der Waals surface area contributed by atoms with Crippen LogP contribution in [0.25, 0.3) is 5.57 Å². The monoisotopic (exact) mass is 776 g/mol. The predicted octanol–water partition coefficient (Wildman–Crippen LogP) is 7.26. The number of carbonyl (C=O) groups excluding carboxylic acids is 2. The van der Waals surface area contributed by atoms with E-state index in [0.29, 0.717) is 64.1 Å². The van der Waals surface area contributed by atoms with Gasteiger partial charge in [0.1, 0.15) is 10.0 Å². The van der Waals surface area contributed by atoms with Gasteiger partial charge in [0.05, 0.1) is 27.2 Å². The van der Waals surface area contributed by atoms with Crippen LogP contribution in [0.1, 0.15) is 56.2 Å². The first-order valence-corrected chi connectivity index (χ1v) is 17.8. The van der Waals surface area contributed by atoms with Crippen molar-refractivity contribution in [1.82, 2.24) is 15.1 Å². The lowest BCUT2D eigenvalue weighted by molar-refractivity contribution is -0.146. The Kier molecular flexibility index (Phi) is 11.8. The SMILES string of the molecule is CC(C)(Oc1c(Cl)c(Cl)c(Cl)c(N2CCC[C@@H](C(=O)N(Cc3ccc(/C(C=N)=C/N)cc3C(F)(F)F)C3CC3)C2)c1Cl)C(=O)N1CCNCC1. The minimum atomic E-state index is -4.70. The number of alkyl halides is 3. The van der Waals surface area contributed by atoms with Crippen molar-refractivity contribution in [3.63, 3.8) is 0 Å². The molecule has 2 saturated heterocycles.